The second-order valence-corrected chi connectivity index (χ2v) is 2.69. The maximum absolute atomic E-state index is 10.6. The van der Waals surface area contributed by atoms with Crippen molar-refractivity contribution in [2.24, 2.45) is 0 Å². The van der Waals surface area contributed by atoms with Crippen molar-refractivity contribution >= 4 is 16.9 Å². The van der Waals surface area contributed by atoms with E-state index in [0.29, 0.717) is 5.52 Å². The second-order valence-electron chi connectivity index (χ2n) is 2.69. The molecule has 0 aliphatic heterocycles. The van der Waals surface area contributed by atoms with Gasteiger partial charge in [-0.05, 0) is 12.1 Å². The molecule has 1 aromatic carbocycles. The van der Waals surface area contributed by atoms with Crippen LogP contribution in [0.15, 0.2) is 36.4 Å². The summed E-state index contributed by atoms with van der Waals surface area (Å²) in [6.07, 6.45) is 0. The van der Waals surface area contributed by atoms with Gasteiger partial charge in [-0.1, -0.05) is 24.3 Å². The monoisotopic (exact) mass is 196 g/mol. The van der Waals surface area contributed by atoms with Gasteiger partial charge in [0.05, 0.1) is 5.52 Å². The molecule has 2 aromatic rings. The van der Waals surface area contributed by atoms with Crippen LogP contribution in [0.3, 0.4) is 0 Å². The van der Waals surface area contributed by atoms with Gasteiger partial charge in [0.15, 0.2) is 0 Å². The predicted molar refractivity (Wildman–Crippen MR) is 48.7 cm³/mol. The summed E-state index contributed by atoms with van der Waals surface area (Å²) in [6.45, 7) is 0. The number of pyridine rings is 1. The zero-order valence-corrected chi connectivity index (χ0v) is 9.77. The molecule has 4 heteroatoms. The van der Waals surface area contributed by atoms with Crippen LogP contribution in [-0.4, -0.2) is 16.1 Å². The number of aromatic nitrogens is 1. The molecule has 0 aliphatic rings. The SMILES string of the molecule is O=C(O)c1ccc2ccccc2n1.[Na+]. The molecular formula is C10H7NNaO2+. The summed E-state index contributed by atoms with van der Waals surface area (Å²) in [7, 11) is 0. The molecule has 1 aromatic heterocycles. The third-order valence-corrected chi connectivity index (χ3v) is 1.82. The molecule has 0 bridgehead atoms. The Balaban J connectivity index is 0.000000980. The van der Waals surface area contributed by atoms with Crippen LogP contribution < -0.4 is 29.6 Å². The van der Waals surface area contributed by atoms with Crippen molar-refractivity contribution in [2.75, 3.05) is 0 Å². The fourth-order valence-electron chi connectivity index (χ4n) is 1.19. The summed E-state index contributed by atoms with van der Waals surface area (Å²) in [4.78, 5) is 14.6. The molecule has 1 N–H and O–H groups in total. The van der Waals surface area contributed by atoms with Crippen molar-refractivity contribution in [3.05, 3.63) is 42.1 Å². The van der Waals surface area contributed by atoms with E-state index in [9.17, 15) is 4.79 Å². The van der Waals surface area contributed by atoms with E-state index in [1.165, 1.54) is 6.07 Å². The number of hydrogen-bond donors (Lipinski definition) is 1. The van der Waals surface area contributed by atoms with Gasteiger partial charge in [0.25, 0.3) is 0 Å². The Bertz CT molecular complexity index is 470. The molecule has 0 unspecified atom stereocenters. The van der Waals surface area contributed by atoms with Crippen molar-refractivity contribution in [1.82, 2.24) is 4.98 Å². The van der Waals surface area contributed by atoms with Gasteiger partial charge in [0.2, 0.25) is 0 Å². The molecule has 2 rings (SSSR count). The van der Waals surface area contributed by atoms with E-state index in [4.69, 9.17) is 5.11 Å². The van der Waals surface area contributed by atoms with Gasteiger partial charge in [0, 0.05) is 5.39 Å². The fourth-order valence-corrected chi connectivity index (χ4v) is 1.19. The average Bonchev–Trinajstić information content (AvgIpc) is 2.17. The van der Waals surface area contributed by atoms with E-state index < -0.39 is 5.97 Å². The second kappa shape index (κ2) is 4.55. The minimum atomic E-state index is -0.995. The van der Waals surface area contributed by atoms with Gasteiger partial charge in [-0.25, -0.2) is 9.78 Å². The number of para-hydroxylation sites is 1. The van der Waals surface area contributed by atoms with Crippen molar-refractivity contribution in [1.29, 1.82) is 0 Å². The number of benzene rings is 1. The number of carbonyl (C=O) groups is 1. The van der Waals surface area contributed by atoms with E-state index in [1.54, 1.807) is 12.1 Å². The fraction of sp³-hybridized carbons (Fsp3) is 0. The van der Waals surface area contributed by atoms with Crippen LogP contribution in [0.2, 0.25) is 0 Å². The molecule has 0 amide bonds. The zero-order valence-electron chi connectivity index (χ0n) is 7.77. The van der Waals surface area contributed by atoms with E-state index >= 15 is 0 Å². The number of nitrogens with zero attached hydrogens (tertiary/aromatic N) is 1. The first-order valence-electron chi connectivity index (χ1n) is 3.86. The molecule has 0 spiro atoms. The third-order valence-electron chi connectivity index (χ3n) is 1.82. The van der Waals surface area contributed by atoms with Gasteiger partial charge < -0.3 is 5.11 Å². The molecule has 0 aliphatic carbocycles. The zero-order chi connectivity index (χ0) is 9.26. The molecule has 0 radical (unpaired) electrons. The number of carboxylic acids is 1. The van der Waals surface area contributed by atoms with Crippen LogP contribution in [0.1, 0.15) is 10.5 Å². The Morgan fingerprint density at radius 3 is 2.57 bits per heavy atom. The van der Waals surface area contributed by atoms with E-state index in [-0.39, 0.29) is 35.3 Å². The first-order chi connectivity index (χ1) is 6.27. The Morgan fingerprint density at radius 1 is 1.14 bits per heavy atom. The van der Waals surface area contributed by atoms with Crippen molar-refractivity contribution in [2.45, 2.75) is 0 Å². The number of fused-ring (bicyclic) bond motifs is 1. The van der Waals surface area contributed by atoms with Crippen LogP contribution in [0.4, 0.5) is 0 Å². The van der Waals surface area contributed by atoms with Crippen molar-refractivity contribution in [3.8, 4) is 0 Å². The molecule has 64 valence electrons. The van der Waals surface area contributed by atoms with Gasteiger partial charge >= 0.3 is 35.5 Å². The van der Waals surface area contributed by atoms with Crippen molar-refractivity contribution < 1.29 is 39.5 Å². The van der Waals surface area contributed by atoms with E-state index in [2.05, 4.69) is 4.98 Å². The van der Waals surface area contributed by atoms with Gasteiger partial charge in [0.1, 0.15) is 5.69 Å². The quantitative estimate of drug-likeness (QED) is 0.591. The van der Waals surface area contributed by atoms with Crippen LogP contribution in [-0.2, 0) is 0 Å². The minimum absolute atomic E-state index is 0. The normalized spacial score (nSPS) is 9.43. The Labute approximate surface area is 103 Å². The van der Waals surface area contributed by atoms with Gasteiger partial charge in [-0.2, -0.15) is 0 Å². The molecule has 14 heavy (non-hydrogen) atoms. The number of carboxylic acid groups (broad SMARTS) is 1. The van der Waals surface area contributed by atoms with Crippen LogP contribution in [0.25, 0.3) is 10.9 Å². The maximum Gasteiger partial charge on any atom is 1.00 e. The molecule has 0 fully saturated rings. The summed E-state index contributed by atoms with van der Waals surface area (Å²) in [5.74, 6) is -0.995. The van der Waals surface area contributed by atoms with Crippen LogP contribution >= 0.6 is 0 Å². The topological polar surface area (TPSA) is 50.2 Å². The third kappa shape index (κ3) is 2.12. The van der Waals surface area contributed by atoms with Gasteiger partial charge in [-0.3, -0.25) is 0 Å². The number of aromatic carboxylic acids is 1. The molecule has 0 saturated carbocycles. The van der Waals surface area contributed by atoms with Crippen LogP contribution in [0, 0.1) is 0 Å². The Kier molecular flexibility index (Phi) is 3.63. The number of rotatable bonds is 1. The van der Waals surface area contributed by atoms with E-state index in [0.717, 1.165) is 5.39 Å². The Hall–Kier alpha value is -0.900. The molecule has 0 atom stereocenters. The smallest absolute Gasteiger partial charge is 0.477 e. The summed E-state index contributed by atoms with van der Waals surface area (Å²) in [5.41, 5.74) is 0.793. The molecule has 0 saturated heterocycles. The molecule has 1 heterocycles. The Morgan fingerprint density at radius 2 is 1.86 bits per heavy atom. The van der Waals surface area contributed by atoms with E-state index in [1.807, 2.05) is 18.2 Å². The summed E-state index contributed by atoms with van der Waals surface area (Å²) in [5, 5.41) is 9.63. The molecule has 3 nitrogen and oxygen atoms in total. The minimum Gasteiger partial charge on any atom is -0.477 e. The predicted octanol–water partition coefficient (Wildman–Crippen LogP) is -1.06. The molecular weight excluding hydrogens is 189 g/mol. The summed E-state index contributed by atoms with van der Waals surface area (Å²) in [6, 6.07) is 10.7. The first kappa shape index (κ1) is 11.2. The first-order valence-corrected chi connectivity index (χ1v) is 3.86. The van der Waals surface area contributed by atoms with Crippen molar-refractivity contribution in [3.63, 3.8) is 0 Å². The standard InChI is InChI=1S/C10H7NO2.Na/c12-10(13)9-6-5-7-3-1-2-4-8(7)11-9;/h1-6H,(H,12,13);/q;+1. The van der Waals surface area contributed by atoms with Crippen LogP contribution in [0.5, 0.6) is 0 Å². The number of hydrogen-bond acceptors (Lipinski definition) is 2. The summed E-state index contributed by atoms with van der Waals surface area (Å²) < 4.78 is 0. The average molecular weight is 196 g/mol. The maximum atomic E-state index is 10.6. The largest absolute Gasteiger partial charge is 1.00 e. The van der Waals surface area contributed by atoms with Gasteiger partial charge in [-0.15, -0.1) is 0 Å². The summed E-state index contributed by atoms with van der Waals surface area (Å²) >= 11 is 0.